The van der Waals surface area contributed by atoms with E-state index in [4.69, 9.17) is 16.3 Å². The van der Waals surface area contributed by atoms with Crippen LogP contribution in [-0.4, -0.2) is 23.8 Å². The number of anilines is 1. The second-order valence-electron chi connectivity index (χ2n) is 7.26. The number of nitrogens with one attached hydrogen (secondary N) is 2. The summed E-state index contributed by atoms with van der Waals surface area (Å²) < 4.78 is 5.34. The van der Waals surface area contributed by atoms with Crippen LogP contribution in [0.25, 0.3) is 0 Å². The molecule has 1 aliphatic carbocycles. The molecule has 1 aromatic carbocycles. The van der Waals surface area contributed by atoms with Crippen molar-refractivity contribution in [2.24, 2.45) is 0 Å². The Morgan fingerprint density at radius 3 is 2.65 bits per heavy atom. The smallest absolute Gasteiger partial charge is 0.407 e. The van der Waals surface area contributed by atoms with Gasteiger partial charge < -0.3 is 15.4 Å². The standard InChI is InChI=1S/C18H27ClN2O2/c1-12-15(19)9-6-10-16(12)20-13-7-5-8-14(11-13)21-17(22)23-18(2,3)4/h6,9-10,13-14,20H,5,7-8,11H2,1-4H3,(H,21,22). The summed E-state index contributed by atoms with van der Waals surface area (Å²) in [4.78, 5) is 11.9. The molecule has 2 unspecified atom stereocenters. The minimum Gasteiger partial charge on any atom is -0.444 e. The summed E-state index contributed by atoms with van der Waals surface area (Å²) in [6.45, 7) is 7.64. The first kappa shape index (κ1) is 17.9. The van der Waals surface area contributed by atoms with Gasteiger partial charge in [0.1, 0.15) is 5.60 Å². The van der Waals surface area contributed by atoms with Crippen LogP contribution in [0.5, 0.6) is 0 Å². The van der Waals surface area contributed by atoms with E-state index in [0.717, 1.165) is 42.0 Å². The maximum Gasteiger partial charge on any atom is 0.407 e. The third-order valence-corrected chi connectivity index (χ3v) is 4.43. The fraction of sp³-hybridized carbons (Fsp3) is 0.611. The van der Waals surface area contributed by atoms with Crippen LogP contribution in [0.2, 0.25) is 5.02 Å². The molecule has 2 atom stereocenters. The predicted octanol–water partition coefficient (Wildman–Crippen LogP) is 4.90. The molecule has 23 heavy (non-hydrogen) atoms. The molecule has 1 fully saturated rings. The Morgan fingerprint density at radius 1 is 1.26 bits per heavy atom. The van der Waals surface area contributed by atoms with Gasteiger partial charge in [-0.1, -0.05) is 17.7 Å². The van der Waals surface area contributed by atoms with Gasteiger partial charge in [-0.2, -0.15) is 0 Å². The number of halogens is 1. The van der Waals surface area contributed by atoms with Crippen molar-refractivity contribution in [2.75, 3.05) is 5.32 Å². The zero-order chi connectivity index (χ0) is 17.0. The lowest BCUT2D eigenvalue weighted by molar-refractivity contribution is 0.0492. The molecule has 0 saturated heterocycles. The SMILES string of the molecule is Cc1c(Cl)cccc1NC1CCCC(NC(=O)OC(C)(C)C)C1. The van der Waals surface area contributed by atoms with E-state index in [9.17, 15) is 4.79 Å². The Balaban J connectivity index is 1.91. The van der Waals surface area contributed by atoms with E-state index in [1.807, 2.05) is 45.9 Å². The molecule has 2 N–H and O–H groups in total. The largest absolute Gasteiger partial charge is 0.444 e. The zero-order valence-electron chi connectivity index (χ0n) is 14.4. The highest BCUT2D eigenvalue weighted by atomic mass is 35.5. The Bertz CT molecular complexity index is 554. The number of amides is 1. The first-order chi connectivity index (χ1) is 10.7. The number of carbonyl (C=O) groups is 1. The summed E-state index contributed by atoms with van der Waals surface area (Å²) in [5.41, 5.74) is 1.67. The van der Waals surface area contributed by atoms with Crippen LogP contribution in [0, 0.1) is 6.92 Å². The Labute approximate surface area is 143 Å². The zero-order valence-corrected chi connectivity index (χ0v) is 15.2. The molecule has 1 aromatic rings. The number of carbonyl (C=O) groups excluding carboxylic acids is 1. The monoisotopic (exact) mass is 338 g/mol. The van der Waals surface area contributed by atoms with Gasteiger partial charge in [0.2, 0.25) is 0 Å². The molecule has 0 aliphatic heterocycles. The number of ether oxygens (including phenoxy) is 1. The molecule has 5 heteroatoms. The van der Waals surface area contributed by atoms with E-state index in [0.29, 0.717) is 6.04 Å². The number of hydrogen-bond donors (Lipinski definition) is 2. The van der Waals surface area contributed by atoms with Crippen LogP contribution in [0.1, 0.15) is 52.0 Å². The number of benzene rings is 1. The topological polar surface area (TPSA) is 50.4 Å². The van der Waals surface area contributed by atoms with Crippen molar-refractivity contribution in [1.82, 2.24) is 5.32 Å². The molecular formula is C18H27ClN2O2. The molecule has 0 radical (unpaired) electrons. The lowest BCUT2D eigenvalue weighted by Crippen LogP contribution is -2.43. The third-order valence-electron chi connectivity index (χ3n) is 4.02. The van der Waals surface area contributed by atoms with E-state index in [1.165, 1.54) is 0 Å². The second-order valence-corrected chi connectivity index (χ2v) is 7.67. The van der Waals surface area contributed by atoms with Crippen molar-refractivity contribution < 1.29 is 9.53 Å². The van der Waals surface area contributed by atoms with E-state index < -0.39 is 5.60 Å². The van der Waals surface area contributed by atoms with Crippen molar-refractivity contribution >= 4 is 23.4 Å². The lowest BCUT2D eigenvalue weighted by atomic mass is 9.90. The number of rotatable bonds is 3. The van der Waals surface area contributed by atoms with Gasteiger partial charge in [0.05, 0.1) is 0 Å². The van der Waals surface area contributed by atoms with Crippen LogP contribution >= 0.6 is 11.6 Å². The summed E-state index contributed by atoms with van der Waals surface area (Å²) >= 11 is 6.18. The van der Waals surface area contributed by atoms with Gasteiger partial charge in [-0.15, -0.1) is 0 Å². The summed E-state index contributed by atoms with van der Waals surface area (Å²) in [6, 6.07) is 6.38. The van der Waals surface area contributed by atoms with Gasteiger partial charge in [0.15, 0.2) is 0 Å². The number of alkyl carbamates (subject to hydrolysis) is 1. The molecule has 0 heterocycles. The minimum atomic E-state index is -0.464. The van der Waals surface area contributed by atoms with Crippen molar-refractivity contribution in [2.45, 2.75) is 71.1 Å². The van der Waals surface area contributed by atoms with Gasteiger partial charge in [0.25, 0.3) is 0 Å². The molecule has 0 bridgehead atoms. The highest BCUT2D eigenvalue weighted by molar-refractivity contribution is 6.31. The highest BCUT2D eigenvalue weighted by Gasteiger charge is 2.25. The maximum absolute atomic E-state index is 11.9. The van der Waals surface area contributed by atoms with E-state index >= 15 is 0 Å². The van der Waals surface area contributed by atoms with Gasteiger partial charge in [-0.3, -0.25) is 0 Å². The molecule has 1 amide bonds. The first-order valence-electron chi connectivity index (χ1n) is 8.26. The first-order valence-corrected chi connectivity index (χ1v) is 8.63. The number of hydrogen-bond acceptors (Lipinski definition) is 3. The molecule has 4 nitrogen and oxygen atoms in total. The second kappa shape index (κ2) is 7.43. The molecule has 1 aliphatic rings. The summed E-state index contributed by atoms with van der Waals surface area (Å²) in [7, 11) is 0. The average molecular weight is 339 g/mol. The Kier molecular flexibility index (Phi) is 5.79. The predicted molar refractivity (Wildman–Crippen MR) is 95.2 cm³/mol. The van der Waals surface area contributed by atoms with E-state index in [-0.39, 0.29) is 12.1 Å². The summed E-state index contributed by atoms with van der Waals surface area (Å²) in [6.07, 6.45) is 3.73. The Hall–Kier alpha value is -1.42. The van der Waals surface area contributed by atoms with Gasteiger partial charge in [-0.25, -0.2) is 4.79 Å². The molecule has 1 saturated carbocycles. The minimum absolute atomic E-state index is 0.149. The van der Waals surface area contributed by atoms with Crippen LogP contribution in [0.15, 0.2) is 18.2 Å². The van der Waals surface area contributed by atoms with Gasteiger partial charge >= 0.3 is 6.09 Å². The quantitative estimate of drug-likeness (QED) is 0.824. The lowest BCUT2D eigenvalue weighted by Gasteiger charge is -2.32. The van der Waals surface area contributed by atoms with Crippen LogP contribution in [0.4, 0.5) is 10.5 Å². The fourth-order valence-corrected chi connectivity index (χ4v) is 3.08. The van der Waals surface area contributed by atoms with Crippen LogP contribution < -0.4 is 10.6 Å². The molecule has 128 valence electrons. The van der Waals surface area contributed by atoms with Gasteiger partial charge in [0, 0.05) is 22.8 Å². The van der Waals surface area contributed by atoms with Crippen LogP contribution in [0.3, 0.4) is 0 Å². The van der Waals surface area contributed by atoms with Crippen molar-refractivity contribution in [3.8, 4) is 0 Å². The van der Waals surface area contributed by atoms with Crippen LogP contribution in [-0.2, 0) is 4.74 Å². The Morgan fingerprint density at radius 2 is 1.96 bits per heavy atom. The fourth-order valence-electron chi connectivity index (χ4n) is 2.91. The normalized spacial score (nSPS) is 21.6. The van der Waals surface area contributed by atoms with Crippen molar-refractivity contribution in [1.29, 1.82) is 0 Å². The average Bonchev–Trinajstić information content (AvgIpc) is 2.42. The third kappa shape index (κ3) is 5.61. The maximum atomic E-state index is 11.9. The molecule has 0 aromatic heterocycles. The summed E-state index contributed by atoms with van der Waals surface area (Å²) in [5.74, 6) is 0. The highest BCUT2D eigenvalue weighted by Crippen LogP contribution is 2.27. The van der Waals surface area contributed by atoms with E-state index in [1.54, 1.807) is 0 Å². The molecular weight excluding hydrogens is 312 g/mol. The van der Waals surface area contributed by atoms with Crippen molar-refractivity contribution in [3.05, 3.63) is 28.8 Å². The van der Waals surface area contributed by atoms with Crippen molar-refractivity contribution in [3.63, 3.8) is 0 Å². The van der Waals surface area contributed by atoms with E-state index in [2.05, 4.69) is 10.6 Å². The molecule has 0 spiro atoms. The molecule has 2 rings (SSSR count). The van der Waals surface area contributed by atoms with Gasteiger partial charge in [-0.05, 0) is 71.1 Å². The summed E-state index contributed by atoms with van der Waals surface area (Å²) in [5, 5.41) is 7.33.